The van der Waals surface area contributed by atoms with Crippen molar-refractivity contribution in [3.8, 4) is 0 Å². The Bertz CT molecular complexity index is 588. The van der Waals surface area contributed by atoms with Crippen LogP contribution in [0.1, 0.15) is 127 Å². The van der Waals surface area contributed by atoms with Crippen molar-refractivity contribution in [2.45, 2.75) is 138 Å². The van der Waals surface area contributed by atoms with Gasteiger partial charge in [0, 0.05) is 0 Å². The van der Waals surface area contributed by atoms with Crippen LogP contribution in [0.5, 0.6) is 0 Å². The Kier molecular flexibility index (Phi) is 9.31. The van der Waals surface area contributed by atoms with E-state index in [-0.39, 0.29) is 6.10 Å². The van der Waals surface area contributed by atoms with Gasteiger partial charge in [0.15, 0.2) is 5.79 Å². The molecule has 0 heterocycles. The summed E-state index contributed by atoms with van der Waals surface area (Å²) in [6.45, 7) is 19.1. The van der Waals surface area contributed by atoms with Gasteiger partial charge in [-0.2, -0.15) is 0 Å². The normalized spacial score (nSPS) is 43.3. The lowest BCUT2D eigenvalue weighted by Crippen LogP contribution is -2.60. The number of hydrogen-bond acceptors (Lipinski definition) is 2. The molecule has 4 aliphatic rings. The van der Waals surface area contributed by atoms with Gasteiger partial charge in [0.1, 0.15) is 0 Å². The van der Waals surface area contributed by atoms with Gasteiger partial charge in [0.2, 0.25) is 0 Å². The van der Waals surface area contributed by atoms with Gasteiger partial charge in [-0.3, -0.25) is 0 Å². The Morgan fingerprint density at radius 3 is 2.23 bits per heavy atom. The Hall–Kier alpha value is -0.340. The van der Waals surface area contributed by atoms with Crippen LogP contribution in [0.4, 0.5) is 0 Å². The number of fused-ring (bicyclic) bond motifs is 5. The zero-order valence-corrected chi connectivity index (χ0v) is 22.4. The number of rotatable bonds is 2. The minimum Gasteiger partial charge on any atom is -0.366 e. The van der Waals surface area contributed by atoms with E-state index < -0.39 is 5.79 Å². The topological polar surface area (TPSA) is 29.5 Å². The Morgan fingerprint density at radius 2 is 1.61 bits per heavy atom. The van der Waals surface area contributed by atoms with E-state index in [1.165, 1.54) is 64.2 Å². The third-order valence-corrected chi connectivity index (χ3v) is 9.45. The summed E-state index contributed by atoms with van der Waals surface area (Å²) in [4.78, 5) is 0. The molecule has 1 N–H and O–H groups in total. The average molecular weight is 435 g/mol. The van der Waals surface area contributed by atoms with Crippen molar-refractivity contribution in [2.24, 2.45) is 34.5 Å². The molecule has 4 fully saturated rings. The predicted molar refractivity (Wildman–Crippen MR) is 134 cm³/mol. The maximum atomic E-state index is 10.5. The SMILES string of the molecule is C/C=C1\CCCC2C3C(OC(C)(C)O)CC4CCCCC4(C)C3CCC12C.CC.CC. The lowest BCUT2D eigenvalue weighted by Gasteiger charge is -2.64. The monoisotopic (exact) mass is 434 g/mol. The minimum atomic E-state index is -1.02. The smallest absolute Gasteiger partial charge is 0.160 e. The van der Waals surface area contributed by atoms with Crippen LogP contribution in [0.25, 0.3) is 0 Å². The molecule has 7 atom stereocenters. The van der Waals surface area contributed by atoms with Gasteiger partial charge >= 0.3 is 0 Å². The van der Waals surface area contributed by atoms with Gasteiger partial charge in [0.25, 0.3) is 0 Å². The minimum absolute atomic E-state index is 0.229. The van der Waals surface area contributed by atoms with Crippen LogP contribution >= 0.6 is 0 Å². The summed E-state index contributed by atoms with van der Waals surface area (Å²) >= 11 is 0. The summed E-state index contributed by atoms with van der Waals surface area (Å²) < 4.78 is 6.44. The summed E-state index contributed by atoms with van der Waals surface area (Å²) in [6.07, 6.45) is 16.1. The highest BCUT2D eigenvalue weighted by molar-refractivity contribution is 5.22. The molecule has 2 heteroatoms. The molecule has 31 heavy (non-hydrogen) atoms. The van der Waals surface area contributed by atoms with Crippen LogP contribution in [-0.2, 0) is 4.74 Å². The van der Waals surface area contributed by atoms with Gasteiger partial charge in [-0.1, -0.05) is 66.0 Å². The third-order valence-electron chi connectivity index (χ3n) is 9.45. The van der Waals surface area contributed by atoms with Crippen LogP contribution in [0, 0.1) is 34.5 Å². The van der Waals surface area contributed by atoms with Crippen molar-refractivity contribution < 1.29 is 9.84 Å². The van der Waals surface area contributed by atoms with E-state index in [1.54, 1.807) is 5.57 Å². The fourth-order valence-corrected chi connectivity index (χ4v) is 8.25. The molecule has 0 bridgehead atoms. The number of hydrogen-bond donors (Lipinski definition) is 1. The number of ether oxygens (including phenoxy) is 1. The maximum absolute atomic E-state index is 10.5. The van der Waals surface area contributed by atoms with E-state index in [9.17, 15) is 5.11 Å². The lowest BCUT2D eigenvalue weighted by molar-refractivity contribution is -0.264. The molecule has 4 rings (SSSR count). The zero-order valence-electron chi connectivity index (χ0n) is 22.4. The van der Waals surface area contributed by atoms with Gasteiger partial charge in [-0.15, -0.1) is 0 Å². The molecule has 0 aromatic carbocycles. The summed E-state index contributed by atoms with van der Waals surface area (Å²) in [5, 5.41) is 10.5. The molecule has 0 aromatic heterocycles. The number of aliphatic hydroxyl groups is 1. The molecule has 7 unspecified atom stereocenters. The van der Waals surface area contributed by atoms with Crippen LogP contribution in [0.3, 0.4) is 0 Å². The lowest BCUT2D eigenvalue weighted by atomic mass is 9.42. The summed E-state index contributed by atoms with van der Waals surface area (Å²) in [7, 11) is 0. The highest BCUT2D eigenvalue weighted by atomic mass is 16.6. The Morgan fingerprint density at radius 1 is 0.935 bits per heavy atom. The van der Waals surface area contributed by atoms with Crippen molar-refractivity contribution in [1.29, 1.82) is 0 Å². The van der Waals surface area contributed by atoms with E-state index in [2.05, 4.69) is 26.8 Å². The molecule has 4 aliphatic carbocycles. The highest BCUT2D eigenvalue weighted by Gasteiger charge is 2.60. The molecule has 0 radical (unpaired) electrons. The van der Waals surface area contributed by atoms with Gasteiger partial charge in [-0.05, 0) is 107 Å². The van der Waals surface area contributed by atoms with Crippen LogP contribution in [0.2, 0.25) is 0 Å². The largest absolute Gasteiger partial charge is 0.366 e. The van der Waals surface area contributed by atoms with E-state index in [0.717, 1.165) is 17.8 Å². The van der Waals surface area contributed by atoms with E-state index in [0.29, 0.717) is 16.7 Å². The predicted octanol–water partition coefficient (Wildman–Crippen LogP) is 8.53. The van der Waals surface area contributed by atoms with Gasteiger partial charge in [-0.25, -0.2) is 0 Å². The second-order valence-corrected chi connectivity index (χ2v) is 11.2. The van der Waals surface area contributed by atoms with E-state index in [1.807, 2.05) is 41.5 Å². The molecular weight excluding hydrogens is 380 g/mol. The average Bonchev–Trinajstić information content (AvgIpc) is 2.75. The molecule has 0 amide bonds. The fraction of sp³-hybridized carbons (Fsp3) is 0.931. The van der Waals surface area contributed by atoms with Crippen molar-refractivity contribution in [2.75, 3.05) is 0 Å². The number of allylic oxidation sites excluding steroid dienone is 2. The first-order chi connectivity index (χ1) is 14.7. The van der Waals surface area contributed by atoms with Crippen LogP contribution < -0.4 is 0 Å². The zero-order chi connectivity index (χ0) is 23.4. The molecule has 4 saturated carbocycles. The van der Waals surface area contributed by atoms with E-state index in [4.69, 9.17) is 4.74 Å². The third kappa shape index (κ3) is 5.11. The molecule has 0 aromatic rings. The van der Waals surface area contributed by atoms with Crippen molar-refractivity contribution >= 4 is 0 Å². The molecule has 0 saturated heterocycles. The van der Waals surface area contributed by atoms with Crippen LogP contribution in [-0.4, -0.2) is 17.0 Å². The highest BCUT2D eigenvalue weighted by Crippen LogP contribution is 2.66. The van der Waals surface area contributed by atoms with Crippen LogP contribution in [0.15, 0.2) is 11.6 Å². The standard InChI is InChI=1S/C25H42O2.2C2H6/c1-6-17-11-9-12-19-22-20(13-15-25(17,19)5)24(4)14-8-7-10-18(24)16-21(22)27-23(2,3)26;2*1-2/h6,18-22,26H,7-16H2,1-5H3;2*1-2H3/b17-6+;;. The first kappa shape index (κ1) is 26.9. The first-order valence-electron chi connectivity index (χ1n) is 13.7. The Balaban J connectivity index is 0.000000807. The Labute approximate surface area is 194 Å². The van der Waals surface area contributed by atoms with Gasteiger partial charge in [0.05, 0.1) is 6.10 Å². The molecule has 0 spiro atoms. The summed E-state index contributed by atoms with van der Waals surface area (Å²) in [5.74, 6) is 1.88. The van der Waals surface area contributed by atoms with Crippen molar-refractivity contribution in [1.82, 2.24) is 0 Å². The molecular formula is C29H54O2. The second-order valence-electron chi connectivity index (χ2n) is 11.2. The molecule has 2 nitrogen and oxygen atoms in total. The summed E-state index contributed by atoms with van der Waals surface area (Å²) in [6, 6.07) is 0. The molecule has 182 valence electrons. The van der Waals surface area contributed by atoms with E-state index >= 15 is 0 Å². The fourth-order valence-electron chi connectivity index (χ4n) is 8.25. The van der Waals surface area contributed by atoms with Crippen molar-refractivity contribution in [3.63, 3.8) is 0 Å². The maximum Gasteiger partial charge on any atom is 0.160 e. The first-order valence-corrected chi connectivity index (χ1v) is 13.7. The molecule has 0 aliphatic heterocycles. The van der Waals surface area contributed by atoms with Crippen molar-refractivity contribution in [3.05, 3.63) is 11.6 Å². The second kappa shape index (κ2) is 10.7. The van der Waals surface area contributed by atoms with Gasteiger partial charge < -0.3 is 9.84 Å². The summed E-state index contributed by atoms with van der Waals surface area (Å²) in [5.41, 5.74) is 2.56. The quantitative estimate of drug-likeness (QED) is 0.348.